The highest BCUT2D eigenvalue weighted by Crippen LogP contribution is 2.47. The Morgan fingerprint density at radius 2 is 2.06 bits per heavy atom. The lowest BCUT2D eigenvalue weighted by Gasteiger charge is -2.24. The summed E-state index contributed by atoms with van der Waals surface area (Å²) >= 11 is 7.75. The normalized spacial score (nSPS) is 22.1. The molecule has 17 heavy (non-hydrogen) atoms. The van der Waals surface area contributed by atoms with Crippen molar-refractivity contribution in [1.29, 1.82) is 0 Å². The van der Waals surface area contributed by atoms with Gasteiger partial charge < -0.3 is 5.32 Å². The quantitative estimate of drug-likeness (QED) is 0.771. The SMILES string of the molecule is O=C1Nc2ccc(Cl)cc2SCC12CCCC2. The van der Waals surface area contributed by atoms with Crippen LogP contribution in [-0.2, 0) is 4.79 Å². The number of hydrogen-bond donors (Lipinski definition) is 1. The first-order valence-corrected chi connectivity index (χ1v) is 7.30. The monoisotopic (exact) mass is 267 g/mol. The minimum absolute atomic E-state index is 0.143. The molecule has 1 aromatic carbocycles. The van der Waals surface area contributed by atoms with Crippen LogP contribution in [0.3, 0.4) is 0 Å². The predicted molar refractivity (Wildman–Crippen MR) is 71.7 cm³/mol. The van der Waals surface area contributed by atoms with Crippen molar-refractivity contribution in [2.75, 3.05) is 11.1 Å². The Kier molecular flexibility index (Phi) is 2.83. The fourth-order valence-electron chi connectivity index (χ4n) is 2.68. The second kappa shape index (κ2) is 4.21. The number of anilines is 1. The first-order valence-electron chi connectivity index (χ1n) is 5.93. The molecule has 4 heteroatoms. The van der Waals surface area contributed by atoms with Crippen LogP contribution < -0.4 is 5.32 Å². The van der Waals surface area contributed by atoms with E-state index in [1.54, 1.807) is 11.8 Å². The summed E-state index contributed by atoms with van der Waals surface area (Å²) in [6.45, 7) is 0. The van der Waals surface area contributed by atoms with E-state index in [0.29, 0.717) is 0 Å². The van der Waals surface area contributed by atoms with E-state index in [0.717, 1.165) is 34.2 Å². The zero-order valence-electron chi connectivity index (χ0n) is 9.46. The van der Waals surface area contributed by atoms with Crippen molar-refractivity contribution in [2.24, 2.45) is 5.41 Å². The van der Waals surface area contributed by atoms with Crippen molar-refractivity contribution in [3.63, 3.8) is 0 Å². The first kappa shape index (κ1) is 11.4. The molecule has 1 amide bonds. The van der Waals surface area contributed by atoms with Gasteiger partial charge in [0, 0.05) is 15.7 Å². The van der Waals surface area contributed by atoms with Crippen LogP contribution in [0, 0.1) is 5.41 Å². The van der Waals surface area contributed by atoms with Crippen LogP contribution in [0.2, 0.25) is 5.02 Å². The highest BCUT2D eigenvalue weighted by molar-refractivity contribution is 7.99. The number of carbonyl (C=O) groups is 1. The third kappa shape index (κ3) is 1.95. The molecule has 0 aromatic heterocycles. The highest BCUT2D eigenvalue weighted by Gasteiger charge is 2.42. The summed E-state index contributed by atoms with van der Waals surface area (Å²) in [6, 6.07) is 5.67. The topological polar surface area (TPSA) is 29.1 Å². The molecule has 1 heterocycles. The van der Waals surface area contributed by atoms with E-state index in [1.165, 1.54) is 12.8 Å². The van der Waals surface area contributed by atoms with E-state index in [4.69, 9.17) is 11.6 Å². The van der Waals surface area contributed by atoms with E-state index in [1.807, 2.05) is 18.2 Å². The Balaban J connectivity index is 1.96. The maximum atomic E-state index is 12.3. The van der Waals surface area contributed by atoms with Crippen LogP contribution >= 0.6 is 23.4 Å². The van der Waals surface area contributed by atoms with Crippen LogP contribution in [0.5, 0.6) is 0 Å². The Hall–Kier alpha value is -0.670. The first-order chi connectivity index (χ1) is 8.20. The van der Waals surface area contributed by atoms with Gasteiger partial charge in [0.05, 0.1) is 11.1 Å². The van der Waals surface area contributed by atoms with E-state index in [2.05, 4.69) is 5.32 Å². The molecule has 3 rings (SSSR count). The van der Waals surface area contributed by atoms with E-state index in [-0.39, 0.29) is 11.3 Å². The van der Waals surface area contributed by atoms with Crippen LogP contribution in [0.15, 0.2) is 23.1 Å². The third-order valence-electron chi connectivity index (χ3n) is 3.74. The van der Waals surface area contributed by atoms with E-state index < -0.39 is 0 Å². The summed E-state index contributed by atoms with van der Waals surface area (Å²) in [5, 5.41) is 3.79. The minimum Gasteiger partial charge on any atom is -0.325 e. The van der Waals surface area contributed by atoms with Gasteiger partial charge in [-0.15, -0.1) is 11.8 Å². The summed E-state index contributed by atoms with van der Waals surface area (Å²) < 4.78 is 0. The Morgan fingerprint density at radius 1 is 1.29 bits per heavy atom. The number of carbonyl (C=O) groups excluding carboxylic acids is 1. The summed E-state index contributed by atoms with van der Waals surface area (Å²) in [5.74, 6) is 1.08. The molecule has 2 aliphatic rings. The fraction of sp³-hybridized carbons (Fsp3) is 0.462. The number of halogens is 1. The van der Waals surface area contributed by atoms with Crippen LogP contribution in [-0.4, -0.2) is 11.7 Å². The summed E-state index contributed by atoms with van der Waals surface area (Å²) in [7, 11) is 0. The second-order valence-corrected chi connectivity index (χ2v) is 6.32. The van der Waals surface area contributed by atoms with Crippen molar-refractivity contribution in [2.45, 2.75) is 30.6 Å². The predicted octanol–water partition coefficient (Wildman–Crippen LogP) is 3.94. The summed E-state index contributed by atoms with van der Waals surface area (Å²) in [6.07, 6.45) is 4.39. The smallest absolute Gasteiger partial charge is 0.231 e. The molecule has 0 radical (unpaired) electrons. The zero-order valence-corrected chi connectivity index (χ0v) is 11.0. The Bertz CT molecular complexity index is 468. The molecular formula is C13H14ClNOS. The number of rotatable bonds is 0. The fourth-order valence-corrected chi connectivity index (χ4v) is 4.25. The number of nitrogens with one attached hydrogen (secondary N) is 1. The van der Waals surface area contributed by atoms with Gasteiger partial charge >= 0.3 is 0 Å². The number of fused-ring (bicyclic) bond motifs is 1. The molecule has 1 spiro atoms. The Morgan fingerprint density at radius 3 is 2.82 bits per heavy atom. The highest BCUT2D eigenvalue weighted by atomic mass is 35.5. The van der Waals surface area contributed by atoms with Gasteiger partial charge in [-0.05, 0) is 31.0 Å². The minimum atomic E-state index is -0.143. The van der Waals surface area contributed by atoms with Crippen LogP contribution in [0.25, 0.3) is 0 Å². The van der Waals surface area contributed by atoms with Gasteiger partial charge in [0.1, 0.15) is 0 Å². The summed E-state index contributed by atoms with van der Waals surface area (Å²) in [4.78, 5) is 13.4. The lowest BCUT2D eigenvalue weighted by Crippen LogP contribution is -2.34. The third-order valence-corrected chi connectivity index (χ3v) is 5.32. The van der Waals surface area contributed by atoms with Crippen LogP contribution in [0.4, 0.5) is 5.69 Å². The molecular weight excluding hydrogens is 254 g/mol. The number of benzene rings is 1. The van der Waals surface area contributed by atoms with Gasteiger partial charge in [0.2, 0.25) is 5.91 Å². The second-order valence-electron chi connectivity index (χ2n) is 4.87. The van der Waals surface area contributed by atoms with Gasteiger partial charge in [0.15, 0.2) is 0 Å². The molecule has 0 saturated heterocycles. The van der Waals surface area contributed by atoms with Gasteiger partial charge in [0.25, 0.3) is 0 Å². The van der Waals surface area contributed by atoms with E-state index >= 15 is 0 Å². The average Bonchev–Trinajstić information content (AvgIpc) is 2.74. The molecule has 1 saturated carbocycles. The molecule has 1 fully saturated rings. The molecule has 1 aliphatic heterocycles. The van der Waals surface area contributed by atoms with E-state index in [9.17, 15) is 4.79 Å². The maximum Gasteiger partial charge on any atom is 0.231 e. The number of amides is 1. The molecule has 0 bridgehead atoms. The molecule has 2 nitrogen and oxygen atoms in total. The molecule has 1 aromatic rings. The molecule has 0 unspecified atom stereocenters. The van der Waals surface area contributed by atoms with Crippen molar-refractivity contribution in [1.82, 2.24) is 0 Å². The summed E-state index contributed by atoms with van der Waals surface area (Å²) in [5.41, 5.74) is 0.768. The van der Waals surface area contributed by atoms with Gasteiger partial charge in [-0.3, -0.25) is 4.79 Å². The maximum absolute atomic E-state index is 12.3. The molecule has 1 N–H and O–H groups in total. The average molecular weight is 268 g/mol. The Labute approximate surface area is 110 Å². The van der Waals surface area contributed by atoms with Crippen LogP contribution in [0.1, 0.15) is 25.7 Å². The molecule has 1 aliphatic carbocycles. The number of hydrogen-bond acceptors (Lipinski definition) is 2. The van der Waals surface area contributed by atoms with Gasteiger partial charge in [-0.2, -0.15) is 0 Å². The largest absolute Gasteiger partial charge is 0.325 e. The zero-order chi connectivity index (χ0) is 11.9. The lowest BCUT2D eigenvalue weighted by molar-refractivity contribution is -0.124. The van der Waals surface area contributed by atoms with Crippen molar-refractivity contribution in [3.8, 4) is 0 Å². The lowest BCUT2D eigenvalue weighted by atomic mass is 9.87. The van der Waals surface area contributed by atoms with Gasteiger partial charge in [-0.25, -0.2) is 0 Å². The molecule has 0 atom stereocenters. The standard InChI is InChI=1S/C13H14ClNOS/c14-9-3-4-10-11(7-9)17-8-13(12(16)15-10)5-1-2-6-13/h3-4,7H,1-2,5-6,8H2,(H,15,16). The van der Waals surface area contributed by atoms with Crippen molar-refractivity contribution < 1.29 is 4.79 Å². The van der Waals surface area contributed by atoms with Crippen molar-refractivity contribution in [3.05, 3.63) is 23.2 Å². The van der Waals surface area contributed by atoms with Crippen molar-refractivity contribution >= 4 is 35.0 Å². The van der Waals surface area contributed by atoms with Gasteiger partial charge in [-0.1, -0.05) is 24.4 Å². The molecule has 90 valence electrons. The number of thioether (sulfide) groups is 1.